The van der Waals surface area contributed by atoms with Crippen LogP contribution in [-0.2, 0) is 6.54 Å². The molecule has 2 aliphatic rings. The standard InChI is InChI=1S/C27H28F2N10/c1-37-4-6-39(7-5-37)22-14-31-13-21-24(22)34-26(33-21)23-20-9-19(12-32-25(20)36-35-23)18-8-17(10-30-11-18)15-38-3-2-27(28,29)16-38/h8-14H,2-7,15-16H2,1H3,(H,33,34)(H,32,35,36). The van der Waals surface area contributed by atoms with Crippen LogP contribution < -0.4 is 4.90 Å². The first-order valence-corrected chi connectivity index (χ1v) is 13.1. The van der Waals surface area contributed by atoms with Crippen molar-refractivity contribution in [3.8, 4) is 22.6 Å². The number of anilines is 1. The molecule has 5 aromatic heterocycles. The first kappa shape index (κ1) is 24.0. The summed E-state index contributed by atoms with van der Waals surface area (Å²) in [4.78, 5) is 28.2. The monoisotopic (exact) mass is 530 g/mol. The number of imidazole rings is 1. The number of aromatic amines is 2. The van der Waals surface area contributed by atoms with E-state index in [1.165, 1.54) is 0 Å². The molecule has 2 fully saturated rings. The summed E-state index contributed by atoms with van der Waals surface area (Å²) in [5.41, 5.74) is 6.67. The molecule has 0 unspecified atom stereocenters. The molecule has 0 amide bonds. The predicted octanol–water partition coefficient (Wildman–Crippen LogP) is 3.55. The maximum absolute atomic E-state index is 13.6. The Balaban J connectivity index is 1.21. The van der Waals surface area contributed by atoms with Crippen molar-refractivity contribution in [2.75, 3.05) is 51.2 Å². The van der Waals surface area contributed by atoms with E-state index in [2.05, 4.69) is 47.0 Å². The van der Waals surface area contributed by atoms with Crippen LogP contribution in [0.1, 0.15) is 12.0 Å². The average molecular weight is 531 g/mol. The number of aromatic nitrogens is 7. The molecular formula is C27H28F2N10. The van der Waals surface area contributed by atoms with Gasteiger partial charge in [-0.2, -0.15) is 5.10 Å². The van der Waals surface area contributed by atoms with Crippen molar-refractivity contribution in [1.29, 1.82) is 0 Å². The largest absolute Gasteiger partial charge is 0.366 e. The fourth-order valence-electron chi connectivity index (χ4n) is 5.48. The van der Waals surface area contributed by atoms with Gasteiger partial charge in [-0.15, -0.1) is 0 Å². The molecule has 7 heterocycles. The van der Waals surface area contributed by atoms with Gasteiger partial charge in [-0.05, 0) is 24.7 Å². The van der Waals surface area contributed by atoms with Crippen LogP contribution in [0, 0.1) is 0 Å². The fraction of sp³-hybridized carbons (Fsp3) is 0.370. The van der Waals surface area contributed by atoms with Crippen LogP contribution in [0.4, 0.5) is 14.5 Å². The number of hydrogen-bond donors (Lipinski definition) is 2. The minimum atomic E-state index is -2.62. The van der Waals surface area contributed by atoms with Crippen LogP contribution in [0.5, 0.6) is 0 Å². The van der Waals surface area contributed by atoms with Crippen molar-refractivity contribution in [2.45, 2.75) is 18.9 Å². The molecule has 7 rings (SSSR count). The molecule has 12 heteroatoms. The Hall–Kier alpha value is -4.03. The third kappa shape index (κ3) is 4.59. The second-order valence-corrected chi connectivity index (χ2v) is 10.5. The van der Waals surface area contributed by atoms with Crippen molar-refractivity contribution in [3.05, 3.63) is 48.7 Å². The van der Waals surface area contributed by atoms with Crippen LogP contribution >= 0.6 is 0 Å². The minimum absolute atomic E-state index is 0.0985. The number of H-pyrrole nitrogens is 2. The Labute approximate surface area is 223 Å². The molecule has 2 N–H and O–H groups in total. The molecule has 0 spiro atoms. The number of alkyl halides is 2. The van der Waals surface area contributed by atoms with Crippen molar-refractivity contribution in [3.63, 3.8) is 0 Å². The Bertz CT molecular complexity index is 1650. The molecule has 0 aliphatic carbocycles. The molecule has 10 nitrogen and oxygen atoms in total. The summed E-state index contributed by atoms with van der Waals surface area (Å²) < 4.78 is 27.3. The number of likely N-dealkylation sites (tertiary alicyclic amines) is 1. The molecule has 0 atom stereocenters. The molecule has 39 heavy (non-hydrogen) atoms. The second-order valence-electron chi connectivity index (χ2n) is 10.5. The van der Waals surface area contributed by atoms with Gasteiger partial charge in [0.05, 0.1) is 35.5 Å². The van der Waals surface area contributed by atoms with E-state index >= 15 is 0 Å². The lowest BCUT2D eigenvalue weighted by Gasteiger charge is -2.33. The molecule has 2 aliphatic heterocycles. The summed E-state index contributed by atoms with van der Waals surface area (Å²) >= 11 is 0. The average Bonchev–Trinajstić information content (AvgIpc) is 3.64. The van der Waals surface area contributed by atoms with Gasteiger partial charge in [0.1, 0.15) is 11.2 Å². The predicted molar refractivity (Wildman–Crippen MR) is 145 cm³/mol. The lowest BCUT2D eigenvalue weighted by Crippen LogP contribution is -2.44. The van der Waals surface area contributed by atoms with Crippen LogP contribution in [-0.4, -0.2) is 97.2 Å². The van der Waals surface area contributed by atoms with Gasteiger partial charge in [0.2, 0.25) is 0 Å². The SMILES string of the molecule is CN1CCN(c2cncc3[nH]c(-c4n[nH]c5ncc(-c6cncc(CN7CCC(F)(F)C7)c6)cc45)nc23)CC1. The number of likely N-dealkylation sites (N-methyl/N-ethyl adjacent to an activating group) is 1. The van der Waals surface area contributed by atoms with Crippen LogP contribution in [0.15, 0.2) is 43.1 Å². The zero-order chi connectivity index (χ0) is 26.6. The van der Waals surface area contributed by atoms with Gasteiger partial charge < -0.3 is 14.8 Å². The van der Waals surface area contributed by atoms with Gasteiger partial charge in [0.15, 0.2) is 11.5 Å². The van der Waals surface area contributed by atoms with E-state index in [0.717, 1.165) is 65.0 Å². The van der Waals surface area contributed by atoms with Crippen LogP contribution in [0.2, 0.25) is 0 Å². The van der Waals surface area contributed by atoms with E-state index in [-0.39, 0.29) is 13.0 Å². The summed E-state index contributed by atoms with van der Waals surface area (Å²) in [5.74, 6) is -1.98. The lowest BCUT2D eigenvalue weighted by atomic mass is 10.1. The smallest absolute Gasteiger partial charge is 0.261 e. The van der Waals surface area contributed by atoms with Crippen molar-refractivity contribution < 1.29 is 8.78 Å². The number of halogens is 2. The van der Waals surface area contributed by atoms with Gasteiger partial charge in [-0.1, -0.05) is 0 Å². The van der Waals surface area contributed by atoms with E-state index in [9.17, 15) is 8.78 Å². The molecule has 5 aromatic rings. The number of pyridine rings is 3. The van der Waals surface area contributed by atoms with Crippen LogP contribution in [0.3, 0.4) is 0 Å². The topological polar surface area (TPSA) is 106 Å². The summed E-state index contributed by atoms with van der Waals surface area (Å²) in [6, 6.07) is 4.00. The number of rotatable bonds is 5. The third-order valence-corrected chi connectivity index (χ3v) is 7.64. The summed E-state index contributed by atoms with van der Waals surface area (Å²) in [7, 11) is 2.13. The number of fused-ring (bicyclic) bond motifs is 2. The first-order chi connectivity index (χ1) is 18.9. The van der Waals surface area contributed by atoms with Crippen molar-refractivity contribution in [2.24, 2.45) is 0 Å². The molecular weight excluding hydrogens is 502 g/mol. The van der Waals surface area contributed by atoms with Crippen molar-refractivity contribution in [1.82, 2.24) is 44.9 Å². The third-order valence-electron chi connectivity index (χ3n) is 7.64. The summed E-state index contributed by atoms with van der Waals surface area (Å²) in [6.07, 6.45) is 8.83. The highest BCUT2D eigenvalue weighted by molar-refractivity contribution is 5.95. The molecule has 200 valence electrons. The number of nitrogens with one attached hydrogen (secondary N) is 2. The Kier molecular flexibility index (Phi) is 5.74. The molecule has 2 saturated heterocycles. The normalized spacial score (nSPS) is 18.5. The summed E-state index contributed by atoms with van der Waals surface area (Å²) in [6.45, 7) is 4.43. The Morgan fingerprint density at radius 1 is 0.949 bits per heavy atom. The second kappa shape index (κ2) is 9.31. The number of piperazine rings is 1. The maximum atomic E-state index is 13.6. The highest BCUT2D eigenvalue weighted by atomic mass is 19.3. The Morgan fingerprint density at radius 3 is 2.59 bits per heavy atom. The first-order valence-electron chi connectivity index (χ1n) is 13.1. The fourth-order valence-corrected chi connectivity index (χ4v) is 5.48. The van der Waals surface area contributed by atoms with E-state index in [1.807, 2.05) is 18.3 Å². The minimum Gasteiger partial charge on any atom is -0.366 e. The zero-order valence-electron chi connectivity index (χ0n) is 21.5. The highest BCUT2D eigenvalue weighted by Crippen LogP contribution is 2.32. The van der Waals surface area contributed by atoms with E-state index in [0.29, 0.717) is 30.3 Å². The lowest BCUT2D eigenvalue weighted by molar-refractivity contribution is 0.0115. The van der Waals surface area contributed by atoms with E-state index < -0.39 is 5.92 Å². The highest BCUT2D eigenvalue weighted by Gasteiger charge is 2.37. The van der Waals surface area contributed by atoms with Gasteiger partial charge in [0.25, 0.3) is 5.92 Å². The summed E-state index contributed by atoms with van der Waals surface area (Å²) in [5, 5.41) is 8.37. The van der Waals surface area contributed by atoms with Gasteiger partial charge in [-0.3, -0.25) is 20.0 Å². The van der Waals surface area contributed by atoms with E-state index in [1.54, 1.807) is 29.7 Å². The number of hydrogen-bond acceptors (Lipinski definition) is 8. The number of nitrogens with zero attached hydrogens (tertiary/aromatic N) is 8. The van der Waals surface area contributed by atoms with Gasteiger partial charge in [-0.25, -0.2) is 18.7 Å². The van der Waals surface area contributed by atoms with Crippen molar-refractivity contribution >= 4 is 27.8 Å². The Morgan fingerprint density at radius 2 is 1.77 bits per heavy atom. The van der Waals surface area contributed by atoms with E-state index in [4.69, 9.17) is 4.98 Å². The zero-order valence-corrected chi connectivity index (χ0v) is 21.5. The van der Waals surface area contributed by atoms with Gasteiger partial charge >= 0.3 is 0 Å². The van der Waals surface area contributed by atoms with Gasteiger partial charge in [0, 0.05) is 75.4 Å². The molecule has 0 bridgehead atoms. The van der Waals surface area contributed by atoms with Crippen LogP contribution in [0.25, 0.3) is 44.7 Å². The molecule has 0 radical (unpaired) electrons. The molecule has 0 saturated carbocycles. The molecule has 0 aromatic carbocycles. The quantitative estimate of drug-likeness (QED) is 0.356. The maximum Gasteiger partial charge on any atom is 0.261 e.